The first kappa shape index (κ1) is 23.9. The summed E-state index contributed by atoms with van der Waals surface area (Å²) in [7, 11) is -4.00. The second-order valence-electron chi connectivity index (χ2n) is 7.70. The average Bonchev–Trinajstić information content (AvgIpc) is 3.22. The molecule has 31 heavy (non-hydrogen) atoms. The van der Waals surface area contributed by atoms with Crippen LogP contribution in [-0.4, -0.2) is 51.9 Å². The molecule has 1 aliphatic heterocycles. The van der Waals surface area contributed by atoms with Gasteiger partial charge in [-0.15, -0.1) is 0 Å². The zero-order chi connectivity index (χ0) is 22.4. The van der Waals surface area contributed by atoms with E-state index in [1.54, 1.807) is 12.1 Å². The topological polar surface area (TPSA) is 69.7 Å². The van der Waals surface area contributed by atoms with Gasteiger partial charge in [-0.05, 0) is 76.2 Å². The number of nitrogens with one attached hydrogen (secondary N) is 1. The molecule has 0 saturated carbocycles. The molecule has 1 aliphatic rings. The summed E-state index contributed by atoms with van der Waals surface area (Å²) in [6.07, 6.45) is 3.26. The molecule has 0 aromatic heterocycles. The van der Waals surface area contributed by atoms with Gasteiger partial charge >= 0.3 is 0 Å². The van der Waals surface area contributed by atoms with Crippen molar-refractivity contribution in [3.63, 3.8) is 0 Å². The minimum Gasteiger partial charge on any atom is -0.354 e. The lowest BCUT2D eigenvalue weighted by Gasteiger charge is -2.24. The lowest BCUT2D eigenvalue weighted by Crippen LogP contribution is -2.41. The fourth-order valence-electron chi connectivity index (χ4n) is 3.56. The van der Waals surface area contributed by atoms with Gasteiger partial charge in [0, 0.05) is 16.6 Å². The van der Waals surface area contributed by atoms with E-state index in [0.29, 0.717) is 6.54 Å². The third kappa shape index (κ3) is 6.59. The Hall–Kier alpha value is -1.80. The van der Waals surface area contributed by atoms with E-state index in [1.807, 2.05) is 6.92 Å². The molecule has 1 heterocycles. The number of anilines is 1. The quantitative estimate of drug-likeness (QED) is 0.545. The molecule has 0 radical (unpaired) electrons. The second-order valence-corrected chi connectivity index (χ2v) is 10.4. The summed E-state index contributed by atoms with van der Waals surface area (Å²) in [5, 5.41) is 3.41. The predicted molar refractivity (Wildman–Crippen MR) is 125 cm³/mol. The van der Waals surface area contributed by atoms with E-state index < -0.39 is 10.0 Å². The maximum Gasteiger partial charge on any atom is 0.264 e. The number of benzene rings is 2. The minimum atomic E-state index is -4.00. The largest absolute Gasteiger partial charge is 0.354 e. The van der Waals surface area contributed by atoms with Gasteiger partial charge in [0.15, 0.2) is 0 Å². The Morgan fingerprint density at radius 1 is 1.06 bits per heavy atom. The molecular weight excluding hydrogens is 457 g/mol. The van der Waals surface area contributed by atoms with Gasteiger partial charge < -0.3 is 10.2 Å². The first-order valence-electron chi connectivity index (χ1n) is 10.3. The highest BCUT2D eigenvalue weighted by Gasteiger charge is 2.27. The van der Waals surface area contributed by atoms with Gasteiger partial charge in [0.1, 0.15) is 6.54 Å². The highest BCUT2D eigenvalue weighted by molar-refractivity contribution is 7.92. The zero-order valence-corrected chi connectivity index (χ0v) is 19.8. The molecule has 1 N–H and O–H groups in total. The molecule has 0 bridgehead atoms. The maximum absolute atomic E-state index is 13.4. The predicted octanol–water partition coefficient (Wildman–Crippen LogP) is 4.10. The Morgan fingerprint density at radius 3 is 2.29 bits per heavy atom. The summed E-state index contributed by atoms with van der Waals surface area (Å²) in [6, 6.07) is 11.0. The van der Waals surface area contributed by atoms with Gasteiger partial charge in [-0.1, -0.05) is 40.9 Å². The van der Waals surface area contributed by atoms with Crippen LogP contribution in [0.3, 0.4) is 0 Å². The van der Waals surface area contributed by atoms with Crippen molar-refractivity contribution in [3.8, 4) is 0 Å². The van der Waals surface area contributed by atoms with Crippen molar-refractivity contribution in [2.45, 2.75) is 31.1 Å². The van der Waals surface area contributed by atoms with Crippen molar-refractivity contribution in [2.75, 3.05) is 37.0 Å². The van der Waals surface area contributed by atoms with Crippen LogP contribution in [0.4, 0.5) is 5.69 Å². The summed E-state index contributed by atoms with van der Waals surface area (Å²) in [6.45, 7) is 5.13. The normalized spacial score (nSPS) is 14.5. The van der Waals surface area contributed by atoms with Crippen molar-refractivity contribution in [2.24, 2.45) is 0 Å². The molecule has 6 nitrogen and oxygen atoms in total. The number of amides is 1. The van der Waals surface area contributed by atoms with Crippen LogP contribution in [0.2, 0.25) is 10.0 Å². The third-order valence-electron chi connectivity index (χ3n) is 5.20. The maximum atomic E-state index is 13.4. The first-order valence-corrected chi connectivity index (χ1v) is 12.5. The molecule has 168 valence electrons. The average molecular weight is 484 g/mol. The Balaban J connectivity index is 1.75. The number of aryl methyl sites for hydroxylation is 1. The van der Waals surface area contributed by atoms with Gasteiger partial charge in [-0.3, -0.25) is 9.10 Å². The number of carbonyl (C=O) groups is 1. The number of hydrogen-bond acceptors (Lipinski definition) is 4. The second kappa shape index (κ2) is 10.7. The van der Waals surface area contributed by atoms with E-state index in [-0.39, 0.29) is 33.1 Å². The Morgan fingerprint density at radius 2 is 1.68 bits per heavy atom. The van der Waals surface area contributed by atoms with E-state index in [2.05, 4.69) is 10.2 Å². The number of carbonyl (C=O) groups excluding carboxylic acids is 1. The third-order valence-corrected chi connectivity index (χ3v) is 7.43. The zero-order valence-electron chi connectivity index (χ0n) is 17.5. The van der Waals surface area contributed by atoms with Crippen LogP contribution < -0.4 is 9.62 Å². The summed E-state index contributed by atoms with van der Waals surface area (Å²) >= 11 is 12.2. The molecule has 1 fully saturated rings. The van der Waals surface area contributed by atoms with Crippen LogP contribution in [0.25, 0.3) is 0 Å². The van der Waals surface area contributed by atoms with Crippen LogP contribution in [0.1, 0.15) is 24.8 Å². The molecule has 2 aromatic carbocycles. The van der Waals surface area contributed by atoms with E-state index in [4.69, 9.17) is 23.2 Å². The molecule has 2 aromatic rings. The Bertz CT molecular complexity index is 987. The summed E-state index contributed by atoms with van der Waals surface area (Å²) in [4.78, 5) is 15.1. The van der Waals surface area contributed by atoms with Crippen LogP contribution in [-0.2, 0) is 14.8 Å². The molecule has 3 rings (SSSR count). The summed E-state index contributed by atoms with van der Waals surface area (Å²) in [5.74, 6) is -0.381. The number of sulfonamides is 1. The molecule has 0 unspecified atom stereocenters. The molecule has 1 saturated heterocycles. The summed E-state index contributed by atoms with van der Waals surface area (Å²) < 4.78 is 27.8. The first-order chi connectivity index (χ1) is 14.8. The monoisotopic (exact) mass is 483 g/mol. The number of halogens is 2. The minimum absolute atomic E-state index is 0.0935. The molecule has 0 aliphatic carbocycles. The highest BCUT2D eigenvalue weighted by Crippen LogP contribution is 2.29. The summed E-state index contributed by atoms with van der Waals surface area (Å²) in [5.41, 5.74) is 1.18. The molecule has 9 heteroatoms. The Kier molecular flexibility index (Phi) is 8.22. The fraction of sp³-hybridized carbons (Fsp3) is 0.409. The number of likely N-dealkylation sites (tertiary alicyclic amines) is 1. The Labute approximate surface area is 194 Å². The lowest BCUT2D eigenvalue weighted by molar-refractivity contribution is -0.119. The molecule has 1 amide bonds. The molecule has 0 spiro atoms. The van der Waals surface area contributed by atoms with Crippen LogP contribution in [0.5, 0.6) is 0 Å². The van der Waals surface area contributed by atoms with Crippen LogP contribution in [0.15, 0.2) is 47.4 Å². The van der Waals surface area contributed by atoms with Gasteiger partial charge in [-0.2, -0.15) is 0 Å². The fourth-order valence-corrected chi connectivity index (χ4v) is 5.48. The molecule has 0 atom stereocenters. The van der Waals surface area contributed by atoms with Crippen molar-refractivity contribution < 1.29 is 13.2 Å². The highest BCUT2D eigenvalue weighted by atomic mass is 35.5. The van der Waals surface area contributed by atoms with Crippen molar-refractivity contribution in [1.82, 2.24) is 10.2 Å². The van der Waals surface area contributed by atoms with Crippen molar-refractivity contribution in [1.29, 1.82) is 0 Å². The smallest absolute Gasteiger partial charge is 0.264 e. The van der Waals surface area contributed by atoms with Gasteiger partial charge in [0.25, 0.3) is 10.0 Å². The van der Waals surface area contributed by atoms with Gasteiger partial charge in [-0.25, -0.2) is 8.42 Å². The lowest BCUT2D eigenvalue weighted by atomic mass is 10.2. The van der Waals surface area contributed by atoms with Gasteiger partial charge in [0.05, 0.1) is 10.6 Å². The van der Waals surface area contributed by atoms with Crippen molar-refractivity contribution >= 4 is 44.8 Å². The van der Waals surface area contributed by atoms with Crippen LogP contribution >= 0.6 is 23.2 Å². The molecular formula is C22H27Cl2N3O3S. The number of hydrogen-bond donors (Lipinski definition) is 1. The van der Waals surface area contributed by atoms with E-state index >= 15 is 0 Å². The van der Waals surface area contributed by atoms with Crippen molar-refractivity contribution in [3.05, 3.63) is 58.1 Å². The SMILES string of the molecule is Cc1ccc(S(=O)(=O)N(CC(=O)NCCCN2CCCC2)c2cc(Cl)cc(Cl)c2)cc1. The van der Waals surface area contributed by atoms with Gasteiger partial charge in [0.2, 0.25) is 5.91 Å². The number of rotatable bonds is 9. The van der Waals surface area contributed by atoms with E-state index in [9.17, 15) is 13.2 Å². The standard InChI is InChI=1S/C22H27Cl2N3O3S/c1-17-5-7-21(8-6-17)31(29,30)27(20-14-18(23)13-19(24)15-20)16-22(28)25-9-4-12-26-10-2-3-11-26/h5-8,13-15H,2-4,9-12,16H2,1H3,(H,25,28). The van der Waals surface area contributed by atoms with E-state index in [0.717, 1.165) is 35.9 Å². The van der Waals surface area contributed by atoms with Crippen LogP contribution in [0, 0.1) is 6.92 Å². The number of nitrogens with zero attached hydrogens (tertiary/aromatic N) is 2. The van der Waals surface area contributed by atoms with E-state index in [1.165, 1.54) is 43.2 Å².